The van der Waals surface area contributed by atoms with Crippen LogP contribution < -0.4 is 0 Å². The number of aliphatic hydroxyl groups is 1. The highest BCUT2D eigenvalue weighted by Gasteiger charge is 2.09. The molecule has 0 aromatic heterocycles. The van der Waals surface area contributed by atoms with Crippen LogP contribution in [-0.4, -0.2) is 16.6 Å². The minimum absolute atomic E-state index is 0.0155. The molecule has 0 saturated heterocycles. The molecule has 1 aromatic rings. The van der Waals surface area contributed by atoms with Crippen LogP contribution in [0.2, 0.25) is 0 Å². The van der Waals surface area contributed by atoms with Crippen molar-refractivity contribution in [2.75, 3.05) is 6.61 Å². The van der Waals surface area contributed by atoms with Gasteiger partial charge < -0.3 is 5.11 Å². The van der Waals surface area contributed by atoms with Crippen LogP contribution in [0, 0.1) is 17.0 Å². The van der Waals surface area contributed by atoms with Crippen LogP contribution in [0.5, 0.6) is 0 Å². The number of benzene rings is 1. The number of nitro benzene ring substituents is 1. The predicted molar refractivity (Wildman–Crippen MR) is 48.3 cm³/mol. The van der Waals surface area contributed by atoms with Crippen LogP contribution in [0.1, 0.15) is 11.1 Å². The van der Waals surface area contributed by atoms with E-state index in [2.05, 4.69) is 6.92 Å². The van der Waals surface area contributed by atoms with Gasteiger partial charge in [0.25, 0.3) is 5.69 Å². The summed E-state index contributed by atoms with van der Waals surface area (Å²) in [6, 6.07) is 4.66. The Bertz CT molecular complexity index is 323. The molecule has 0 fully saturated rings. The van der Waals surface area contributed by atoms with E-state index < -0.39 is 4.92 Å². The van der Waals surface area contributed by atoms with E-state index in [1.165, 1.54) is 6.07 Å². The van der Waals surface area contributed by atoms with Gasteiger partial charge in [0.2, 0.25) is 0 Å². The zero-order valence-electron chi connectivity index (χ0n) is 7.06. The highest BCUT2D eigenvalue weighted by Crippen LogP contribution is 2.18. The lowest BCUT2D eigenvalue weighted by atomic mass is 10.1. The van der Waals surface area contributed by atoms with Crippen molar-refractivity contribution in [3.63, 3.8) is 0 Å². The topological polar surface area (TPSA) is 63.4 Å². The Hall–Kier alpha value is -1.42. The smallest absolute Gasteiger partial charge is 0.272 e. The van der Waals surface area contributed by atoms with Crippen LogP contribution >= 0.6 is 0 Å². The average molecular weight is 180 g/mol. The van der Waals surface area contributed by atoms with E-state index in [0.717, 1.165) is 5.56 Å². The van der Waals surface area contributed by atoms with Gasteiger partial charge in [-0.3, -0.25) is 10.1 Å². The fourth-order valence-electron chi connectivity index (χ4n) is 1.10. The summed E-state index contributed by atoms with van der Waals surface area (Å²) in [4.78, 5) is 9.94. The molecule has 0 aliphatic carbocycles. The fraction of sp³-hybridized carbons (Fsp3) is 0.222. The first-order valence-corrected chi connectivity index (χ1v) is 3.85. The number of nitro groups is 1. The Morgan fingerprint density at radius 2 is 2.23 bits per heavy atom. The SMILES string of the molecule is [CH2]c1cc(CCO)ccc1[N+](=O)[O-]. The summed E-state index contributed by atoms with van der Waals surface area (Å²) in [5.41, 5.74) is 1.26. The van der Waals surface area contributed by atoms with Gasteiger partial charge >= 0.3 is 0 Å². The molecule has 1 N–H and O–H groups in total. The monoisotopic (exact) mass is 180 g/mol. The van der Waals surface area contributed by atoms with E-state index in [4.69, 9.17) is 5.11 Å². The van der Waals surface area contributed by atoms with Crippen molar-refractivity contribution >= 4 is 5.69 Å². The molecule has 1 aromatic carbocycles. The summed E-state index contributed by atoms with van der Waals surface area (Å²) in [5.74, 6) is 0. The molecule has 0 bridgehead atoms. The van der Waals surface area contributed by atoms with Crippen molar-refractivity contribution < 1.29 is 10.0 Å². The van der Waals surface area contributed by atoms with E-state index >= 15 is 0 Å². The van der Waals surface area contributed by atoms with E-state index in [9.17, 15) is 10.1 Å². The molecular weight excluding hydrogens is 170 g/mol. The molecule has 0 atom stereocenters. The van der Waals surface area contributed by atoms with Crippen molar-refractivity contribution in [1.82, 2.24) is 0 Å². The zero-order chi connectivity index (χ0) is 9.84. The third-order valence-corrected chi connectivity index (χ3v) is 1.74. The average Bonchev–Trinajstić information content (AvgIpc) is 2.04. The van der Waals surface area contributed by atoms with Crippen LogP contribution in [0.25, 0.3) is 0 Å². The Morgan fingerprint density at radius 3 is 2.69 bits per heavy atom. The van der Waals surface area contributed by atoms with Crippen molar-refractivity contribution in [3.8, 4) is 0 Å². The molecular formula is C9H10NO3. The first-order chi connectivity index (χ1) is 6.15. The number of hydrogen-bond acceptors (Lipinski definition) is 3. The molecule has 4 nitrogen and oxygen atoms in total. The minimum atomic E-state index is -0.467. The van der Waals surface area contributed by atoms with Gasteiger partial charge in [0.05, 0.1) is 4.92 Å². The van der Waals surface area contributed by atoms with Crippen molar-refractivity contribution in [2.45, 2.75) is 6.42 Å². The van der Waals surface area contributed by atoms with Crippen LogP contribution in [-0.2, 0) is 6.42 Å². The normalized spacial score (nSPS) is 10.0. The van der Waals surface area contributed by atoms with Gasteiger partial charge in [-0.15, -0.1) is 0 Å². The molecule has 0 aliphatic heterocycles. The molecule has 13 heavy (non-hydrogen) atoms. The highest BCUT2D eigenvalue weighted by molar-refractivity contribution is 5.44. The summed E-state index contributed by atoms with van der Waals surface area (Å²) in [6.07, 6.45) is 0.501. The molecule has 1 rings (SSSR count). The Morgan fingerprint density at radius 1 is 1.54 bits per heavy atom. The molecule has 0 spiro atoms. The maximum Gasteiger partial charge on any atom is 0.272 e. The summed E-state index contributed by atoms with van der Waals surface area (Å²) in [6.45, 7) is 3.60. The van der Waals surface area contributed by atoms with Crippen LogP contribution in [0.3, 0.4) is 0 Å². The van der Waals surface area contributed by atoms with Crippen molar-refractivity contribution in [2.24, 2.45) is 0 Å². The number of hydrogen-bond donors (Lipinski definition) is 1. The quantitative estimate of drug-likeness (QED) is 0.563. The molecule has 0 unspecified atom stereocenters. The first kappa shape index (κ1) is 9.67. The summed E-state index contributed by atoms with van der Waals surface area (Å²) >= 11 is 0. The Labute approximate surface area is 76.0 Å². The molecule has 0 aliphatic rings. The van der Waals surface area contributed by atoms with Gasteiger partial charge in [-0.25, -0.2) is 0 Å². The highest BCUT2D eigenvalue weighted by atomic mass is 16.6. The summed E-state index contributed by atoms with van der Waals surface area (Å²) < 4.78 is 0. The zero-order valence-corrected chi connectivity index (χ0v) is 7.06. The van der Waals surface area contributed by atoms with Gasteiger partial charge in [-0.2, -0.15) is 0 Å². The lowest BCUT2D eigenvalue weighted by Gasteiger charge is -2.00. The van der Waals surface area contributed by atoms with Crippen LogP contribution in [0.15, 0.2) is 18.2 Å². The van der Waals surface area contributed by atoms with Gasteiger partial charge in [0.15, 0.2) is 0 Å². The second kappa shape index (κ2) is 4.00. The third kappa shape index (κ3) is 2.26. The predicted octanol–water partition coefficient (Wildman–Crippen LogP) is 1.31. The molecule has 0 heterocycles. The van der Waals surface area contributed by atoms with Crippen molar-refractivity contribution in [1.29, 1.82) is 0 Å². The first-order valence-electron chi connectivity index (χ1n) is 3.85. The molecule has 0 saturated carbocycles. The maximum atomic E-state index is 10.4. The van der Waals surface area contributed by atoms with Gasteiger partial charge in [-0.1, -0.05) is 6.07 Å². The molecule has 1 radical (unpaired) electrons. The summed E-state index contributed by atoms with van der Waals surface area (Å²) in [5, 5.41) is 19.0. The maximum absolute atomic E-state index is 10.4. The van der Waals surface area contributed by atoms with Gasteiger partial charge in [-0.05, 0) is 25.0 Å². The lowest BCUT2D eigenvalue weighted by Crippen LogP contribution is -1.95. The number of nitrogens with zero attached hydrogens (tertiary/aromatic N) is 1. The number of rotatable bonds is 3. The van der Waals surface area contributed by atoms with Crippen molar-refractivity contribution in [3.05, 3.63) is 46.4 Å². The second-order valence-electron chi connectivity index (χ2n) is 2.69. The van der Waals surface area contributed by atoms with Crippen LogP contribution in [0.4, 0.5) is 5.69 Å². The molecule has 0 amide bonds. The standard InChI is InChI=1S/C9H10NO3/c1-7-6-8(4-5-11)2-3-9(7)10(12)13/h2-3,6,11H,1,4-5H2. The third-order valence-electron chi connectivity index (χ3n) is 1.74. The van der Waals surface area contributed by atoms with E-state index in [0.29, 0.717) is 12.0 Å². The fourth-order valence-corrected chi connectivity index (χ4v) is 1.10. The second-order valence-corrected chi connectivity index (χ2v) is 2.69. The Balaban J connectivity index is 2.98. The lowest BCUT2D eigenvalue weighted by molar-refractivity contribution is -0.385. The summed E-state index contributed by atoms with van der Waals surface area (Å²) in [7, 11) is 0. The van der Waals surface area contributed by atoms with E-state index in [1.807, 2.05) is 0 Å². The van der Waals surface area contributed by atoms with E-state index in [-0.39, 0.29) is 12.3 Å². The largest absolute Gasteiger partial charge is 0.396 e. The Kier molecular flexibility index (Phi) is 2.97. The van der Waals surface area contributed by atoms with E-state index in [1.54, 1.807) is 12.1 Å². The minimum Gasteiger partial charge on any atom is -0.396 e. The number of aliphatic hydroxyl groups excluding tert-OH is 1. The van der Waals surface area contributed by atoms with Gasteiger partial charge in [0.1, 0.15) is 0 Å². The molecule has 69 valence electrons. The molecule has 4 heteroatoms. The van der Waals surface area contributed by atoms with Gasteiger partial charge in [0, 0.05) is 18.2 Å².